The molecular formula is C33H37F3N6O5. The van der Waals surface area contributed by atoms with Gasteiger partial charge in [0.1, 0.15) is 30.1 Å². The first kappa shape index (κ1) is 33.7. The van der Waals surface area contributed by atoms with Crippen molar-refractivity contribution in [2.45, 2.75) is 55.8 Å². The van der Waals surface area contributed by atoms with Gasteiger partial charge in [-0.2, -0.15) is 0 Å². The van der Waals surface area contributed by atoms with Crippen molar-refractivity contribution in [3.8, 4) is 0 Å². The third kappa shape index (κ3) is 9.20. The van der Waals surface area contributed by atoms with Crippen molar-refractivity contribution in [3.05, 3.63) is 95.1 Å². The quantitative estimate of drug-likeness (QED) is 0.188. The van der Waals surface area contributed by atoms with E-state index in [9.17, 15) is 23.2 Å². The maximum atomic E-state index is 15.2. The maximum absolute atomic E-state index is 15.2. The minimum absolute atomic E-state index is 0.0327. The van der Waals surface area contributed by atoms with Gasteiger partial charge in [-0.25, -0.2) is 18.0 Å². The number of carbonyl (C=O) groups excluding carboxylic acids is 3. The SMILES string of the molecule is NC(=O)[C@@H](Nc1cncc(F)c1CC[C@@H]1CN[C@H](COC(=O)NC[C@H]2CCC(=O)N2)CO1)C(c1ccc(F)cc1)c1ccc(F)cc1. The molecule has 0 saturated carbocycles. The number of primary amides is 1. The number of anilines is 1. The van der Waals surface area contributed by atoms with Crippen molar-refractivity contribution in [3.63, 3.8) is 0 Å². The monoisotopic (exact) mass is 654 g/mol. The Balaban J connectivity index is 1.19. The van der Waals surface area contributed by atoms with Crippen molar-refractivity contribution in [1.82, 2.24) is 20.9 Å². The zero-order chi connectivity index (χ0) is 33.3. The Kier molecular flexibility index (Phi) is 11.3. The van der Waals surface area contributed by atoms with Gasteiger partial charge < -0.3 is 36.5 Å². The Morgan fingerprint density at radius 1 is 1.02 bits per heavy atom. The molecule has 3 heterocycles. The fourth-order valence-electron chi connectivity index (χ4n) is 5.77. The van der Waals surface area contributed by atoms with Crippen molar-refractivity contribution in [1.29, 1.82) is 0 Å². The van der Waals surface area contributed by atoms with Gasteiger partial charge in [0.05, 0.1) is 36.8 Å². The molecule has 250 valence electrons. The van der Waals surface area contributed by atoms with Crippen LogP contribution in [-0.4, -0.2) is 73.4 Å². The van der Waals surface area contributed by atoms with Crippen molar-refractivity contribution in [2.24, 2.45) is 5.73 Å². The van der Waals surface area contributed by atoms with Crippen LogP contribution in [0.25, 0.3) is 0 Å². The van der Waals surface area contributed by atoms with Gasteiger partial charge in [-0.3, -0.25) is 14.6 Å². The van der Waals surface area contributed by atoms with E-state index in [-0.39, 0.29) is 55.0 Å². The van der Waals surface area contributed by atoms with Crippen molar-refractivity contribution < 1.29 is 37.0 Å². The molecule has 3 aromatic rings. The molecule has 14 heteroatoms. The fourth-order valence-corrected chi connectivity index (χ4v) is 5.77. The number of nitrogens with one attached hydrogen (secondary N) is 4. The lowest BCUT2D eigenvalue weighted by atomic mass is 9.84. The van der Waals surface area contributed by atoms with Gasteiger partial charge in [0.25, 0.3) is 0 Å². The van der Waals surface area contributed by atoms with E-state index in [4.69, 9.17) is 15.2 Å². The fraction of sp³-hybridized carbons (Fsp3) is 0.394. The van der Waals surface area contributed by atoms with Crippen LogP contribution in [0.5, 0.6) is 0 Å². The van der Waals surface area contributed by atoms with Crippen LogP contribution in [-0.2, 0) is 25.5 Å². The Bertz CT molecular complexity index is 1490. The number of ether oxygens (including phenoxy) is 2. The molecule has 4 atom stereocenters. The summed E-state index contributed by atoms with van der Waals surface area (Å²) in [5.74, 6) is -3.08. The third-order valence-electron chi connectivity index (χ3n) is 8.29. The van der Waals surface area contributed by atoms with Crippen molar-refractivity contribution >= 4 is 23.6 Å². The molecule has 6 N–H and O–H groups in total. The Morgan fingerprint density at radius 2 is 1.70 bits per heavy atom. The summed E-state index contributed by atoms with van der Waals surface area (Å²) < 4.78 is 53.9. The second-order valence-electron chi connectivity index (χ2n) is 11.6. The van der Waals surface area contributed by atoms with E-state index in [0.717, 1.165) is 6.20 Å². The second kappa shape index (κ2) is 15.7. The number of morpholine rings is 1. The molecule has 47 heavy (non-hydrogen) atoms. The highest BCUT2D eigenvalue weighted by atomic mass is 19.1. The van der Waals surface area contributed by atoms with Crippen LogP contribution in [0, 0.1) is 17.5 Å². The lowest BCUT2D eigenvalue weighted by Crippen LogP contribution is -2.49. The van der Waals surface area contributed by atoms with Crippen LogP contribution in [0.2, 0.25) is 0 Å². The zero-order valence-corrected chi connectivity index (χ0v) is 25.5. The Labute approximate surface area is 269 Å². The second-order valence-corrected chi connectivity index (χ2v) is 11.6. The smallest absolute Gasteiger partial charge is 0.407 e. The number of rotatable bonds is 13. The number of alkyl carbamates (subject to hydrolysis) is 1. The lowest BCUT2D eigenvalue weighted by molar-refractivity contribution is -0.120. The molecule has 2 saturated heterocycles. The third-order valence-corrected chi connectivity index (χ3v) is 8.29. The van der Waals surface area contributed by atoms with E-state index in [2.05, 4.69) is 26.3 Å². The summed E-state index contributed by atoms with van der Waals surface area (Å²) in [7, 11) is 0. The Morgan fingerprint density at radius 3 is 2.28 bits per heavy atom. The van der Waals surface area contributed by atoms with Gasteiger partial charge >= 0.3 is 6.09 Å². The number of nitrogens with two attached hydrogens (primary N) is 1. The molecule has 0 unspecified atom stereocenters. The predicted molar refractivity (Wildman–Crippen MR) is 166 cm³/mol. The summed E-state index contributed by atoms with van der Waals surface area (Å²) in [6.07, 6.45) is 3.38. The summed E-state index contributed by atoms with van der Waals surface area (Å²) in [6.45, 7) is 1.07. The van der Waals surface area contributed by atoms with Crippen molar-refractivity contribution in [2.75, 3.05) is 31.6 Å². The van der Waals surface area contributed by atoms with Gasteiger partial charge in [0.15, 0.2) is 0 Å². The number of amides is 3. The number of nitrogens with zero attached hydrogens (tertiary/aromatic N) is 1. The first-order valence-electron chi connectivity index (χ1n) is 15.4. The Hall–Kier alpha value is -4.69. The molecular weight excluding hydrogens is 617 g/mol. The molecule has 11 nitrogen and oxygen atoms in total. The van der Waals surface area contributed by atoms with Crippen LogP contribution in [0.4, 0.5) is 23.7 Å². The minimum atomic E-state index is -1.13. The highest BCUT2D eigenvalue weighted by molar-refractivity contribution is 5.85. The van der Waals surface area contributed by atoms with Crippen LogP contribution < -0.4 is 27.0 Å². The van der Waals surface area contributed by atoms with E-state index in [1.54, 1.807) is 0 Å². The van der Waals surface area contributed by atoms with Gasteiger partial charge in [-0.15, -0.1) is 0 Å². The first-order valence-corrected chi connectivity index (χ1v) is 15.4. The number of pyridine rings is 1. The van der Waals surface area contributed by atoms with Gasteiger partial charge in [0, 0.05) is 37.0 Å². The number of hydrogen-bond donors (Lipinski definition) is 5. The molecule has 0 aliphatic carbocycles. The van der Waals surface area contributed by atoms with Gasteiger partial charge in [-0.05, 0) is 54.7 Å². The normalized spacial score (nSPS) is 20.0. The predicted octanol–water partition coefficient (Wildman–Crippen LogP) is 2.89. The molecule has 1 aromatic heterocycles. The minimum Gasteiger partial charge on any atom is -0.448 e. The summed E-state index contributed by atoms with van der Waals surface area (Å²) in [5.41, 5.74) is 7.47. The number of carbonyl (C=O) groups is 3. The number of hydrogen-bond acceptors (Lipinski definition) is 8. The lowest BCUT2D eigenvalue weighted by Gasteiger charge is -2.31. The van der Waals surface area contributed by atoms with E-state index in [1.165, 1.54) is 54.7 Å². The summed E-state index contributed by atoms with van der Waals surface area (Å²) in [4.78, 5) is 40.2. The van der Waals surface area contributed by atoms with Gasteiger partial charge in [0.2, 0.25) is 11.8 Å². The largest absolute Gasteiger partial charge is 0.448 e. The standard InChI is InChI=1S/C33H37F3N6O5/c34-21-5-1-19(2-6-21)30(20-3-7-22(35)8-4-20)31(32(37)44)42-28-16-38-15-27(36)26(28)11-10-25-14-39-24(17-46-25)18-47-33(45)40-13-23-9-12-29(43)41-23/h1-8,15-16,23-25,30-31,39,42H,9-14,17-18H2,(H2,37,44)(H,40,45)(H,41,43)/t23-,24+,25-,31+/m1/s1. The summed E-state index contributed by atoms with van der Waals surface area (Å²) >= 11 is 0. The van der Waals surface area contributed by atoms with E-state index in [0.29, 0.717) is 43.5 Å². The van der Waals surface area contributed by atoms with Gasteiger partial charge in [-0.1, -0.05) is 24.3 Å². The molecule has 0 spiro atoms. The van der Waals surface area contributed by atoms with Crippen LogP contribution >= 0.6 is 0 Å². The molecule has 5 rings (SSSR count). The van der Waals surface area contributed by atoms with Crippen LogP contribution in [0.15, 0.2) is 60.9 Å². The number of benzene rings is 2. The molecule has 2 aliphatic rings. The number of halogens is 3. The highest BCUT2D eigenvalue weighted by Gasteiger charge is 2.31. The number of aromatic nitrogens is 1. The average molecular weight is 655 g/mol. The molecule has 2 fully saturated rings. The van der Waals surface area contributed by atoms with Crippen LogP contribution in [0.3, 0.4) is 0 Å². The molecule has 0 bridgehead atoms. The zero-order valence-electron chi connectivity index (χ0n) is 25.5. The summed E-state index contributed by atoms with van der Waals surface area (Å²) in [5, 5.41) is 11.8. The van der Waals surface area contributed by atoms with Crippen LogP contribution in [0.1, 0.15) is 41.9 Å². The summed E-state index contributed by atoms with van der Waals surface area (Å²) in [6, 6.07) is 9.61. The first-order chi connectivity index (χ1) is 22.7. The van der Waals surface area contributed by atoms with E-state index < -0.39 is 41.4 Å². The molecule has 2 aliphatic heterocycles. The maximum Gasteiger partial charge on any atom is 0.407 e. The van der Waals surface area contributed by atoms with E-state index in [1.807, 2.05) is 0 Å². The van der Waals surface area contributed by atoms with E-state index >= 15 is 4.39 Å². The molecule has 3 amide bonds. The molecule has 2 aromatic carbocycles. The topological polar surface area (TPSA) is 157 Å². The highest BCUT2D eigenvalue weighted by Crippen LogP contribution is 2.32. The molecule has 0 radical (unpaired) electrons. The average Bonchev–Trinajstić information content (AvgIpc) is 3.49.